The lowest BCUT2D eigenvalue weighted by atomic mass is 10.1. The van der Waals surface area contributed by atoms with Gasteiger partial charge in [-0.3, -0.25) is 9.59 Å². The number of carbonyl (C=O) groups is 3. The van der Waals surface area contributed by atoms with Crippen LogP contribution in [0, 0.1) is 6.92 Å². The zero-order chi connectivity index (χ0) is 18.1. The summed E-state index contributed by atoms with van der Waals surface area (Å²) in [6, 6.07) is 10.5. The summed E-state index contributed by atoms with van der Waals surface area (Å²) in [4.78, 5) is 37.3. The van der Waals surface area contributed by atoms with Crippen LogP contribution in [0.15, 0.2) is 42.5 Å². The zero-order valence-electron chi connectivity index (χ0n) is 13.3. The molecule has 7 heteroatoms. The predicted octanol–water partition coefficient (Wildman–Crippen LogP) is 3.09. The number of aryl methyl sites for hydroxylation is 1. The monoisotopic (exact) mass is 358 g/mol. The minimum absolute atomic E-state index is 0.0118. The van der Waals surface area contributed by atoms with Crippen LogP contribution in [-0.4, -0.2) is 28.9 Å². The van der Waals surface area contributed by atoms with E-state index in [4.69, 9.17) is 16.7 Å². The molecule has 0 radical (unpaired) electrons. The minimum atomic E-state index is -1.12. The average molecular weight is 359 g/mol. The number of anilines is 2. The molecule has 1 heterocycles. The summed E-state index contributed by atoms with van der Waals surface area (Å²) in [6.07, 6.45) is -0.0118. The molecule has 0 spiro atoms. The largest absolute Gasteiger partial charge is 0.478 e. The second-order valence-corrected chi connectivity index (χ2v) is 6.22. The number of imide groups is 1. The van der Waals surface area contributed by atoms with E-state index in [9.17, 15) is 14.4 Å². The number of hydrogen-bond donors (Lipinski definition) is 2. The fourth-order valence-electron chi connectivity index (χ4n) is 2.76. The number of amides is 2. The molecule has 2 aromatic rings. The van der Waals surface area contributed by atoms with E-state index in [2.05, 4.69) is 5.32 Å². The molecule has 1 saturated heterocycles. The number of halogens is 1. The highest BCUT2D eigenvalue weighted by molar-refractivity contribution is 6.31. The number of nitrogens with one attached hydrogen (secondary N) is 1. The Morgan fingerprint density at radius 2 is 2.00 bits per heavy atom. The highest BCUT2D eigenvalue weighted by atomic mass is 35.5. The van der Waals surface area contributed by atoms with Crippen molar-refractivity contribution in [2.75, 3.05) is 10.2 Å². The van der Waals surface area contributed by atoms with Crippen molar-refractivity contribution in [1.82, 2.24) is 0 Å². The number of carbonyl (C=O) groups excluding carboxylic acids is 2. The molecule has 1 aliphatic rings. The molecule has 3 rings (SSSR count). The first-order valence-corrected chi connectivity index (χ1v) is 7.97. The van der Waals surface area contributed by atoms with Crippen LogP contribution in [0.4, 0.5) is 11.4 Å². The van der Waals surface area contributed by atoms with Gasteiger partial charge in [-0.2, -0.15) is 0 Å². The van der Waals surface area contributed by atoms with E-state index < -0.39 is 17.9 Å². The highest BCUT2D eigenvalue weighted by Crippen LogP contribution is 2.29. The van der Waals surface area contributed by atoms with E-state index in [1.165, 1.54) is 12.1 Å². The maximum absolute atomic E-state index is 12.7. The molecular formula is C18H15ClN2O4. The number of rotatable bonds is 4. The fraction of sp³-hybridized carbons (Fsp3) is 0.167. The van der Waals surface area contributed by atoms with Crippen LogP contribution in [0.5, 0.6) is 0 Å². The summed E-state index contributed by atoms with van der Waals surface area (Å²) >= 11 is 5.93. The second kappa shape index (κ2) is 6.57. The van der Waals surface area contributed by atoms with Gasteiger partial charge < -0.3 is 10.4 Å². The van der Waals surface area contributed by atoms with Gasteiger partial charge in [0.1, 0.15) is 6.04 Å². The first-order valence-electron chi connectivity index (χ1n) is 7.59. The summed E-state index contributed by atoms with van der Waals surface area (Å²) in [5.41, 5.74) is 1.60. The lowest BCUT2D eigenvalue weighted by Gasteiger charge is -2.18. The lowest BCUT2D eigenvalue weighted by Crippen LogP contribution is -2.35. The molecule has 0 aliphatic carbocycles. The summed E-state index contributed by atoms with van der Waals surface area (Å²) in [5, 5.41) is 12.7. The van der Waals surface area contributed by atoms with Crippen LogP contribution in [0.2, 0.25) is 5.02 Å². The molecule has 2 amide bonds. The number of benzene rings is 2. The summed E-state index contributed by atoms with van der Waals surface area (Å²) in [7, 11) is 0. The van der Waals surface area contributed by atoms with Gasteiger partial charge in [-0.05, 0) is 42.8 Å². The van der Waals surface area contributed by atoms with Crippen molar-refractivity contribution in [1.29, 1.82) is 0 Å². The van der Waals surface area contributed by atoms with Gasteiger partial charge >= 0.3 is 5.97 Å². The molecule has 0 unspecified atom stereocenters. The van der Waals surface area contributed by atoms with Crippen molar-refractivity contribution < 1.29 is 19.5 Å². The average Bonchev–Trinajstić information content (AvgIpc) is 2.82. The third kappa shape index (κ3) is 3.34. The molecule has 128 valence electrons. The Bertz CT molecular complexity index is 881. The van der Waals surface area contributed by atoms with Gasteiger partial charge in [0.05, 0.1) is 17.7 Å². The molecule has 6 nitrogen and oxygen atoms in total. The van der Waals surface area contributed by atoms with Crippen LogP contribution < -0.4 is 10.2 Å². The van der Waals surface area contributed by atoms with Crippen molar-refractivity contribution in [2.45, 2.75) is 19.4 Å². The van der Waals surface area contributed by atoms with Crippen LogP contribution in [-0.2, 0) is 9.59 Å². The first-order chi connectivity index (χ1) is 11.9. The van der Waals surface area contributed by atoms with Gasteiger partial charge in [0, 0.05) is 10.7 Å². The topological polar surface area (TPSA) is 86.7 Å². The van der Waals surface area contributed by atoms with Gasteiger partial charge in [0.25, 0.3) is 5.91 Å². The van der Waals surface area contributed by atoms with E-state index >= 15 is 0 Å². The normalized spacial score (nSPS) is 17.0. The summed E-state index contributed by atoms with van der Waals surface area (Å²) in [5.74, 6) is -1.92. The third-order valence-electron chi connectivity index (χ3n) is 4.01. The van der Waals surface area contributed by atoms with Crippen molar-refractivity contribution in [3.05, 3.63) is 58.6 Å². The molecule has 0 bridgehead atoms. The Labute approximate surface area is 149 Å². The van der Waals surface area contributed by atoms with Crippen molar-refractivity contribution in [3.63, 3.8) is 0 Å². The standard InChI is InChI=1S/C18H15ClN2O4/c1-10-5-6-11(18(24)25)7-15(10)21-16(22)9-14(17(21)23)20-13-4-2-3-12(19)8-13/h2-8,14,20H,9H2,1H3,(H,24,25)/t14-/m0/s1. The van der Waals surface area contributed by atoms with E-state index in [1.54, 1.807) is 37.3 Å². The van der Waals surface area contributed by atoms with Crippen molar-refractivity contribution >= 4 is 40.8 Å². The smallest absolute Gasteiger partial charge is 0.335 e. The molecular weight excluding hydrogens is 344 g/mol. The zero-order valence-corrected chi connectivity index (χ0v) is 14.1. The van der Waals surface area contributed by atoms with Crippen molar-refractivity contribution in [2.24, 2.45) is 0 Å². The van der Waals surface area contributed by atoms with Gasteiger partial charge in [-0.25, -0.2) is 9.69 Å². The second-order valence-electron chi connectivity index (χ2n) is 5.79. The number of carboxylic acids is 1. The van der Waals surface area contributed by atoms with Gasteiger partial charge in [0.2, 0.25) is 5.91 Å². The van der Waals surface area contributed by atoms with Crippen LogP contribution in [0.3, 0.4) is 0 Å². The van der Waals surface area contributed by atoms with Crippen LogP contribution in [0.1, 0.15) is 22.3 Å². The molecule has 2 N–H and O–H groups in total. The molecule has 1 atom stereocenters. The number of nitrogens with zero attached hydrogens (tertiary/aromatic N) is 1. The maximum Gasteiger partial charge on any atom is 0.335 e. The van der Waals surface area contributed by atoms with Crippen LogP contribution >= 0.6 is 11.6 Å². The van der Waals surface area contributed by atoms with Gasteiger partial charge in [-0.1, -0.05) is 23.7 Å². The number of carboxylic acid groups (broad SMARTS) is 1. The Balaban J connectivity index is 1.89. The SMILES string of the molecule is Cc1ccc(C(=O)O)cc1N1C(=O)C[C@H](Nc2cccc(Cl)c2)C1=O. The summed E-state index contributed by atoms with van der Waals surface area (Å²) < 4.78 is 0. The molecule has 2 aromatic carbocycles. The number of hydrogen-bond acceptors (Lipinski definition) is 4. The molecule has 1 aliphatic heterocycles. The van der Waals surface area contributed by atoms with E-state index in [-0.39, 0.29) is 17.9 Å². The molecule has 0 saturated carbocycles. The molecule has 25 heavy (non-hydrogen) atoms. The molecule has 0 aromatic heterocycles. The summed E-state index contributed by atoms with van der Waals surface area (Å²) in [6.45, 7) is 1.72. The van der Waals surface area contributed by atoms with E-state index in [0.29, 0.717) is 22.0 Å². The number of aromatic carboxylic acids is 1. The minimum Gasteiger partial charge on any atom is -0.478 e. The Kier molecular flexibility index (Phi) is 4.46. The molecule has 1 fully saturated rings. The third-order valence-corrected chi connectivity index (χ3v) is 4.24. The quantitative estimate of drug-likeness (QED) is 0.820. The van der Waals surface area contributed by atoms with Gasteiger partial charge in [0.15, 0.2) is 0 Å². The van der Waals surface area contributed by atoms with Gasteiger partial charge in [-0.15, -0.1) is 0 Å². The lowest BCUT2D eigenvalue weighted by molar-refractivity contribution is -0.121. The van der Waals surface area contributed by atoms with E-state index in [1.807, 2.05) is 0 Å². The highest BCUT2D eigenvalue weighted by Gasteiger charge is 2.40. The van der Waals surface area contributed by atoms with E-state index in [0.717, 1.165) is 4.90 Å². The Morgan fingerprint density at radius 3 is 2.68 bits per heavy atom. The predicted molar refractivity (Wildman–Crippen MR) is 94.1 cm³/mol. The Morgan fingerprint density at radius 1 is 1.24 bits per heavy atom. The van der Waals surface area contributed by atoms with Crippen LogP contribution in [0.25, 0.3) is 0 Å². The fourth-order valence-corrected chi connectivity index (χ4v) is 2.95. The Hall–Kier alpha value is -2.86. The maximum atomic E-state index is 12.7. The first kappa shape index (κ1) is 17.0. The van der Waals surface area contributed by atoms with Crippen molar-refractivity contribution in [3.8, 4) is 0 Å².